The molecule has 1 saturated heterocycles. The smallest absolute Gasteiger partial charge is 0.243 e. The molecule has 1 aliphatic heterocycles. The van der Waals surface area contributed by atoms with Gasteiger partial charge in [0.25, 0.3) is 0 Å². The van der Waals surface area contributed by atoms with E-state index in [-0.39, 0.29) is 17.2 Å². The molecule has 9 nitrogen and oxygen atoms in total. The van der Waals surface area contributed by atoms with Crippen LogP contribution in [0, 0.1) is 0 Å². The molecule has 4 heterocycles. The van der Waals surface area contributed by atoms with E-state index in [0.29, 0.717) is 23.4 Å². The van der Waals surface area contributed by atoms with Crippen LogP contribution in [0.5, 0.6) is 5.75 Å². The molecule has 0 unspecified atom stereocenters. The predicted molar refractivity (Wildman–Crippen MR) is 127 cm³/mol. The minimum Gasteiger partial charge on any atom is -0.507 e. The number of phenols is 1. The number of aromatic hydroxyl groups is 1. The molecule has 10 heteroatoms. The van der Waals surface area contributed by atoms with Crippen molar-refractivity contribution in [1.29, 1.82) is 0 Å². The summed E-state index contributed by atoms with van der Waals surface area (Å²) in [6, 6.07) is 4.77. The van der Waals surface area contributed by atoms with E-state index in [0.717, 1.165) is 11.2 Å². The third kappa shape index (κ3) is 4.16. The van der Waals surface area contributed by atoms with Crippen LogP contribution in [-0.4, -0.2) is 57.9 Å². The Labute approximate surface area is 196 Å². The molecule has 3 N–H and O–H groups in total. The minimum absolute atomic E-state index is 0.0347. The normalized spacial score (nSPS) is 21.4. The highest BCUT2D eigenvalue weighted by Gasteiger charge is 2.46. The molecular formula is C24H27FN8O. The van der Waals surface area contributed by atoms with Crippen LogP contribution < -0.4 is 10.6 Å². The van der Waals surface area contributed by atoms with Crippen molar-refractivity contribution >= 4 is 11.6 Å². The highest BCUT2D eigenvalue weighted by molar-refractivity contribution is 5.72. The molecule has 0 saturated carbocycles. The van der Waals surface area contributed by atoms with Gasteiger partial charge in [-0.25, -0.2) is 14.4 Å². The first-order chi connectivity index (χ1) is 16.1. The molecule has 1 aliphatic rings. The number of nitrogens with zero attached hydrogens (tertiary/aromatic N) is 6. The molecule has 0 aliphatic carbocycles. The monoisotopic (exact) mass is 462 g/mol. The Morgan fingerprint density at radius 3 is 2.65 bits per heavy atom. The maximum absolute atomic E-state index is 15.1. The molecule has 0 amide bonds. The predicted octanol–water partition coefficient (Wildman–Crippen LogP) is 3.62. The van der Waals surface area contributed by atoms with Gasteiger partial charge in [0.2, 0.25) is 5.95 Å². The van der Waals surface area contributed by atoms with Crippen molar-refractivity contribution in [1.82, 2.24) is 34.9 Å². The fourth-order valence-electron chi connectivity index (χ4n) is 4.79. The Balaban J connectivity index is 1.35. The van der Waals surface area contributed by atoms with Crippen LogP contribution in [0.1, 0.15) is 34.1 Å². The Morgan fingerprint density at radius 1 is 1.09 bits per heavy atom. The Morgan fingerprint density at radius 2 is 1.91 bits per heavy atom. The van der Waals surface area contributed by atoms with Gasteiger partial charge in [0.1, 0.15) is 17.6 Å². The number of imidazole rings is 1. The lowest BCUT2D eigenvalue weighted by atomic mass is 9.78. The van der Waals surface area contributed by atoms with E-state index < -0.39 is 17.8 Å². The molecule has 34 heavy (non-hydrogen) atoms. The number of piperidine rings is 1. The second-order valence-corrected chi connectivity index (χ2v) is 9.95. The SMILES string of the molecule is CC1(C)C[C@H](Nc2ncc(-c3ccc(-c4cn5ccnc5cn4)cc3O)nn2)[C@H](F)C(C)(C)N1. The van der Waals surface area contributed by atoms with Crippen molar-refractivity contribution in [3.8, 4) is 28.3 Å². The third-order valence-corrected chi connectivity index (χ3v) is 6.16. The average molecular weight is 463 g/mol. The molecule has 176 valence electrons. The second-order valence-electron chi connectivity index (χ2n) is 9.95. The number of fused-ring (bicyclic) bond motifs is 1. The van der Waals surface area contributed by atoms with E-state index >= 15 is 4.39 Å². The zero-order valence-electron chi connectivity index (χ0n) is 19.5. The molecule has 1 aromatic carbocycles. The summed E-state index contributed by atoms with van der Waals surface area (Å²) in [5.41, 5.74) is 2.18. The molecule has 0 spiro atoms. The lowest BCUT2D eigenvalue weighted by molar-refractivity contribution is 0.0654. The maximum Gasteiger partial charge on any atom is 0.243 e. The lowest BCUT2D eigenvalue weighted by Gasteiger charge is -2.48. The first-order valence-corrected chi connectivity index (χ1v) is 11.1. The summed E-state index contributed by atoms with van der Waals surface area (Å²) in [5.74, 6) is 0.284. The van der Waals surface area contributed by atoms with Crippen LogP contribution in [0.3, 0.4) is 0 Å². The number of aromatic nitrogens is 6. The van der Waals surface area contributed by atoms with Gasteiger partial charge >= 0.3 is 0 Å². The number of phenolic OH excluding ortho intramolecular Hbond substituents is 1. The summed E-state index contributed by atoms with van der Waals surface area (Å²) in [6.07, 6.45) is 8.02. The van der Waals surface area contributed by atoms with Crippen LogP contribution >= 0.6 is 0 Å². The molecule has 5 rings (SSSR count). The summed E-state index contributed by atoms with van der Waals surface area (Å²) < 4.78 is 16.9. The third-order valence-electron chi connectivity index (χ3n) is 6.16. The molecule has 1 fully saturated rings. The molecule has 4 aromatic rings. The molecule has 2 atom stereocenters. The van der Waals surface area contributed by atoms with E-state index in [1.807, 2.05) is 50.6 Å². The zero-order valence-corrected chi connectivity index (χ0v) is 19.5. The number of rotatable bonds is 4. The van der Waals surface area contributed by atoms with Crippen molar-refractivity contribution in [2.75, 3.05) is 5.32 Å². The standard InChI is InChI=1S/C24H27FN8O/c1-23(2)10-16(21(25)24(3,4)32-23)29-22-28-11-17(30-31-22)15-6-5-14(9-19(15)34)18-13-33-8-7-26-20(33)12-27-18/h5-9,11-13,16,21,32,34H,10H2,1-4H3,(H,28,29,31)/t16-,21-/m0/s1. The summed E-state index contributed by atoms with van der Waals surface area (Å²) >= 11 is 0. The first-order valence-electron chi connectivity index (χ1n) is 11.1. The lowest BCUT2D eigenvalue weighted by Crippen LogP contribution is -2.67. The number of alkyl halides is 1. The number of halogens is 1. The van der Waals surface area contributed by atoms with Gasteiger partial charge in [0.15, 0.2) is 5.65 Å². The van der Waals surface area contributed by atoms with E-state index in [4.69, 9.17) is 0 Å². The van der Waals surface area contributed by atoms with Crippen molar-refractivity contribution in [2.24, 2.45) is 0 Å². The van der Waals surface area contributed by atoms with Gasteiger partial charge < -0.3 is 20.1 Å². The van der Waals surface area contributed by atoms with Gasteiger partial charge in [0.05, 0.1) is 24.1 Å². The summed E-state index contributed by atoms with van der Waals surface area (Å²) in [7, 11) is 0. The molecule has 0 bridgehead atoms. The van der Waals surface area contributed by atoms with Crippen LogP contribution in [0.2, 0.25) is 0 Å². The van der Waals surface area contributed by atoms with Crippen LogP contribution in [0.15, 0.2) is 49.2 Å². The molecule has 0 radical (unpaired) electrons. The average Bonchev–Trinajstić information content (AvgIpc) is 3.25. The van der Waals surface area contributed by atoms with E-state index in [2.05, 4.69) is 35.8 Å². The fourth-order valence-corrected chi connectivity index (χ4v) is 4.79. The van der Waals surface area contributed by atoms with Gasteiger partial charge in [-0.3, -0.25) is 4.98 Å². The van der Waals surface area contributed by atoms with E-state index in [9.17, 15) is 5.11 Å². The van der Waals surface area contributed by atoms with Gasteiger partial charge in [0, 0.05) is 40.8 Å². The molecule has 3 aromatic heterocycles. The van der Waals surface area contributed by atoms with Gasteiger partial charge in [-0.2, -0.15) is 0 Å². The number of anilines is 1. The Hall–Kier alpha value is -3.66. The minimum atomic E-state index is -1.13. The first kappa shape index (κ1) is 22.1. The van der Waals surface area contributed by atoms with Crippen LogP contribution in [0.4, 0.5) is 10.3 Å². The van der Waals surface area contributed by atoms with E-state index in [1.165, 1.54) is 6.20 Å². The van der Waals surface area contributed by atoms with Gasteiger partial charge in [-0.05, 0) is 46.2 Å². The van der Waals surface area contributed by atoms with Crippen molar-refractivity contribution in [2.45, 2.75) is 57.4 Å². The molecular weight excluding hydrogens is 435 g/mol. The second kappa shape index (κ2) is 7.98. The van der Waals surface area contributed by atoms with Crippen molar-refractivity contribution in [3.63, 3.8) is 0 Å². The van der Waals surface area contributed by atoms with E-state index in [1.54, 1.807) is 24.5 Å². The quantitative estimate of drug-likeness (QED) is 0.421. The Bertz CT molecular complexity index is 1330. The van der Waals surface area contributed by atoms with Crippen molar-refractivity contribution < 1.29 is 9.50 Å². The number of benzene rings is 1. The Kier molecular flexibility index (Phi) is 5.20. The van der Waals surface area contributed by atoms with Crippen molar-refractivity contribution in [3.05, 3.63) is 49.2 Å². The topological polar surface area (TPSA) is 113 Å². The number of nitrogens with one attached hydrogen (secondary N) is 2. The highest BCUT2D eigenvalue weighted by atomic mass is 19.1. The fraction of sp³-hybridized carbons (Fsp3) is 0.375. The summed E-state index contributed by atoms with van der Waals surface area (Å²) in [4.78, 5) is 12.9. The largest absolute Gasteiger partial charge is 0.507 e. The van der Waals surface area contributed by atoms with Gasteiger partial charge in [-0.15, -0.1) is 10.2 Å². The number of hydrogen-bond donors (Lipinski definition) is 3. The highest BCUT2D eigenvalue weighted by Crippen LogP contribution is 2.34. The van der Waals surface area contributed by atoms with Gasteiger partial charge in [-0.1, -0.05) is 6.07 Å². The summed E-state index contributed by atoms with van der Waals surface area (Å²) in [6.45, 7) is 7.80. The summed E-state index contributed by atoms with van der Waals surface area (Å²) in [5, 5.41) is 25.4. The van der Waals surface area contributed by atoms with Crippen LogP contribution in [0.25, 0.3) is 28.2 Å². The number of hydrogen-bond acceptors (Lipinski definition) is 8. The maximum atomic E-state index is 15.1. The zero-order chi connectivity index (χ0) is 24.1. The van der Waals surface area contributed by atoms with Crippen LogP contribution in [-0.2, 0) is 0 Å².